The Balaban J connectivity index is 1.57. The number of amides is 1. The van der Waals surface area contributed by atoms with Crippen molar-refractivity contribution < 1.29 is 4.79 Å². The van der Waals surface area contributed by atoms with Crippen LogP contribution in [0.5, 0.6) is 0 Å². The first-order valence-electron chi connectivity index (χ1n) is 7.84. The molecule has 22 heavy (non-hydrogen) atoms. The zero-order valence-corrected chi connectivity index (χ0v) is 13.2. The van der Waals surface area contributed by atoms with Gasteiger partial charge in [-0.3, -0.25) is 4.79 Å². The fourth-order valence-electron chi connectivity index (χ4n) is 3.12. The van der Waals surface area contributed by atoms with Gasteiger partial charge in [0.25, 0.3) is 0 Å². The number of rotatable bonds is 4. The molecule has 114 valence electrons. The lowest BCUT2D eigenvalue weighted by Gasteiger charge is -2.17. The van der Waals surface area contributed by atoms with Crippen molar-refractivity contribution >= 4 is 17.3 Å². The molecule has 1 amide bonds. The molecule has 0 atom stereocenters. The topological polar surface area (TPSA) is 32.3 Å². The Labute approximate surface area is 132 Å². The summed E-state index contributed by atoms with van der Waals surface area (Å²) in [6.07, 6.45) is 1.48. The summed E-state index contributed by atoms with van der Waals surface area (Å²) in [5, 5.41) is 3.36. The lowest BCUT2D eigenvalue weighted by Crippen LogP contribution is -2.30. The van der Waals surface area contributed by atoms with E-state index in [1.165, 1.54) is 16.7 Å². The molecule has 2 aromatic rings. The number of carbonyl (C=O) groups excluding carboxylic acids is 1. The summed E-state index contributed by atoms with van der Waals surface area (Å²) in [7, 11) is 0. The molecule has 0 bridgehead atoms. The SMILES string of the molecule is Cc1cc(C)cc(NCCC(=O)N2CCc3ccccc32)c1. The van der Waals surface area contributed by atoms with Crippen molar-refractivity contribution in [2.75, 3.05) is 23.3 Å². The van der Waals surface area contributed by atoms with Crippen LogP contribution < -0.4 is 10.2 Å². The Morgan fingerprint density at radius 2 is 1.86 bits per heavy atom. The van der Waals surface area contributed by atoms with Crippen LogP contribution in [0.2, 0.25) is 0 Å². The Morgan fingerprint density at radius 3 is 2.64 bits per heavy atom. The molecule has 1 heterocycles. The third kappa shape index (κ3) is 3.14. The average molecular weight is 294 g/mol. The maximum Gasteiger partial charge on any atom is 0.228 e. The summed E-state index contributed by atoms with van der Waals surface area (Å²) in [4.78, 5) is 14.3. The molecule has 2 aromatic carbocycles. The maximum absolute atomic E-state index is 12.4. The van der Waals surface area contributed by atoms with Gasteiger partial charge in [-0.15, -0.1) is 0 Å². The minimum absolute atomic E-state index is 0.196. The smallest absolute Gasteiger partial charge is 0.228 e. The second-order valence-electron chi connectivity index (χ2n) is 5.98. The van der Waals surface area contributed by atoms with Crippen LogP contribution in [0.15, 0.2) is 42.5 Å². The van der Waals surface area contributed by atoms with E-state index in [1.807, 2.05) is 23.1 Å². The second-order valence-corrected chi connectivity index (χ2v) is 5.98. The molecule has 3 rings (SSSR count). The molecule has 3 nitrogen and oxygen atoms in total. The third-order valence-electron chi connectivity index (χ3n) is 4.08. The Bertz CT molecular complexity index is 673. The molecule has 0 spiro atoms. The highest BCUT2D eigenvalue weighted by atomic mass is 16.2. The molecular weight excluding hydrogens is 272 g/mol. The summed E-state index contributed by atoms with van der Waals surface area (Å²) in [6.45, 7) is 5.65. The second kappa shape index (κ2) is 6.22. The van der Waals surface area contributed by atoms with Crippen molar-refractivity contribution in [1.82, 2.24) is 0 Å². The van der Waals surface area contributed by atoms with Gasteiger partial charge < -0.3 is 10.2 Å². The van der Waals surface area contributed by atoms with Gasteiger partial charge in [0.15, 0.2) is 0 Å². The first-order valence-corrected chi connectivity index (χ1v) is 7.84. The van der Waals surface area contributed by atoms with Crippen LogP contribution in [0, 0.1) is 13.8 Å². The normalized spacial score (nSPS) is 13.1. The maximum atomic E-state index is 12.4. The molecule has 1 aliphatic heterocycles. The number of hydrogen-bond acceptors (Lipinski definition) is 2. The quantitative estimate of drug-likeness (QED) is 0.932. The van der Waals surface area contributed by atoms with Crippen LogP contribution in [-0.2, 0) is 11.2 Å². The molecule has 0 fully saturated rings. The summed E-state index contributed by atoms with van der Waals surface area (Å²) < 4.78 is 0. The number of anilines is 2. The first kappa shape index (κ1) is 14.6. The van der Waals surface area contributed by atoms with Crippen molar-refractivity contribution in [3.8, 4) is 0 Å². The zero-order valence-electron chi connectivity index (χ0n) is 13.2. The minimum Gasteiger partial charge on any atom is -0.385 e. The standard InChI is InChI=1S/C19H22N2O/c1-14-11-15(2)13-17(12-14)20-9-7-19(22)21-10-8-16-5-3-4-6-18(16)21/h3-6,11-13,20H,7-10H2,1-2H3. The molecule has 0 radical (unpaired) electrons. The van der Waals surface area contributed by atoms with Crippen LogP contribution in [0.3, 0.4) is 0 Å². The average Bonchev–Trinajstić information content (AvgIpc) is 2.90. The Morgan fingerprint density at radius 1 is 1.14 bits per heavy atom. The van der Waals surface area contributed by atoms with Crippen molar-refractivity contribution in [2.45, 2.75) is 26.7 Å². The number of fused-ring (bicyclic) bond motifs is 1. The van der Waals surface area contributed by atoms with Gasteiger partial charge in [0.2, 0.25) is 5.91 Å². The van der Waals surface area contributed by atoms with Gasteiger partial charge in [-0.05, 0) is 55.2 Å². The van der Waals surface area contributed by atoms with Crippen LogP contribution in [0.1, 0.15) is 23.1 Å². The number of carbonyl (C=O) groups is 1. The lowest BCUT2D eigenvalue weighted by molar-refractivity contribution is -0.118. The predicted molar refractivity (Wildman–Crippen MR) is 91.5 cm³/mol. The fraction of sp³-hybridized carbons (Fsp3) is 0.316. The number of nitrogens with zero attached hydrogens (tertiary/aromatic N) is 1. The molecular formula is C19H22N2O. The lowest BCUT2D eigenvalue weighted by atomic mass is 10.1. The van der Waals surface area contributed by atoms with Crippen molar-refractivity contribution in [3.05, 3.63) is 59.2 Å². The van der Waals surface area contributed by atoms with Crippen LogP contribution in [0.25, 0.3) is 0 Å². The molecule has 1 aliphatic rings. The fourth-order valence-corrected chi connectivity index (χ4v) is 3.12. The highest BCUT2D eigenvalue weighted by Crippen LogP contribution is 2.27. The monoisotopic (exact) mass is 294 g/mol. The van der Waals surface area contributed by atoms with Gasteiger partial charge in [0, 0.05) is 30.9 Å². The largest absolute Gasteiger partial charge is 0.385 e. The highest BCUT2D eigenvalue weighted by molar-refractivity contribution is 5.95. The van der Waals surface area contributed by atoms with Gasteiger partial charge in [-0.2, -0.15) is 0 Å². The van der Waals surface area contributed by atoms with E-state index in [0.717, 1.165) is 24.3 Å². The van der Waals surface area contributed by atoms with Crippen molar-refractivity contribution in [3.63, 3.8) is 0 Å². The van der Waals surface area contributed by atoms with E-state index in [2.05, 4.69) is 43.4 Å². The Hall–Kier alpha value is -2.29. The van der Waals surface area contributed by atoms with Gasteiger partial charge in [0.05, 0.1) is 0 Å². The summed E-state index contributed by atoms with van der Waals surface area (Å²) in [6, 6.07) is 14.6. The van der Waals surface area contributed by atoms with E-state index in [9.17, 15) is 4.79 Å². The number of para-hydroxylation sites is 1. The zero-order chi connectivity index (χ0) is 15.5. The van der Waals surface area contributed by atoms with E-state index in [4.69, 9.17) is 0 Å². The van der Waals surface area contributed by atoms with E-state index >= 15 is 0 Å². The van der Waals surface area contributed by atoms with Crippen molar-refractivity contribution in [2.24, 2.45) is 0 Å². The number of aryl methyl sites for hydroxylation is 2. The predicted octanol–water partition coefficient (Wildman–Crippen LogP) is 3.69. The van der Waals surface area contributed by atoms with Crippen LogP contribution in [0.4, 0.5) is 11.4 Å². The first-order chi connectivity index (χ1) is 10.6. The Kier molecular flexibility index (Phi) is 4.14. The van der Waals surface area contributed by atoms with Gasteiger partial charge in [0.1, 0.15) is 0 Å². The number of benzene rings is 2. The molecule has 1 N–H and O–H groups in total. The third-order valence-corrected chi connectivity index (χ3v) is 4.08. The molecule has 0 saturated carbocycles. The molecule has 3 heteroatoms. The van der Waals surface area contributed by atoms with Crippen LogP contribution in [-0.4, -0.2) is 19.0 Å². The van der Waals surface area contributed by atoms with E-state index in [1.54, 1.807) is 0 Å². The van der Waals surface area contributed by atoms with Crippen LogP contribution >= 0.6 is 0 Å². The summed E-state index contributed by atoms with van der Waals surface area (Å²) in [5.41, 5.74) is 5.92. The molecule has 0 aromatic heterocycles. The molecule has 0 unspecified atom stereocenters. The van der Waals surface area contributed by atoms with Gasteiger partial charge >= 0.3 is 0 Å². The highest BCUT2D eigenvalue weighted by Gasteiger charge is 2.23. The number of nitrogens with one attached hydrogen (secondary N) is 1. The van der Waals surface area contributed by atoms with E-state index in [0.29, 0.717) is 13.0 Å². The molecule has 0 aliphatic carbocycles. The summed E-state index contributed by atoms with van der Waals surface area (Å²) >= 11 is 0. The molecule has 0 saturated heterocycles. The van der Waals surface area contributed by atoms with Gasteiger partial charge in [-0.1, -0.05) is 24.3 Å². The van der Waals surface area contributed by atoms with Gasteiger partial charge in [-0.25, -0.2) is 0 Å². The van der Waals surface area contributed by atoms with Crippen molar-refractivity contribution in [1.29, 1.82) is 0 Å². The minimum atomic E-state index is 0.196. The van der Waals surface area contributed by atoms with E-state index in [-0.39, 0.29) is 5.91 Å². The van der Waals surface area contributed by atoms with E-state index < -0.39 is 0 Å². The number of hydrogen-bond donors (Lipinski definition) is 1. The summed E-state index contributed by atoms with van der Waals surface area (Å²) in [5.74, 6) is 0.196.